The van der Waals surface area contributed by atoms with E-state index in [2.05, 4.69) is 41.2 Å². The number of Topliss-reactive ketones (excluding diaryl/α,β-unsaturated/α-hetero) is 1. The molecule has 1 heterocycles. The van der Waals surface area contributed by atoms with Gasteiger partial charge in [-0.2, -0.15) is 0 Å². The number of thioether (sulfide) groups is 1. The number of hydrogen-bond donors (Lipinski definition) is 2. The molecule has 0 spiro atoms. The third kappa shape index (κ3) is 3.84. The average Bonchev–Trinajstić information content (AvgIpc) is 3.01. The van der Waals surface area contributed by atoms with Gasteiger partial charge in [0.1, 0.15) is 0 Å². The normalized spacial score (nSPS) is 17.5. The van der Waals surface area contributed by atoms with Crippen molar-refractivity contribution in [1.82, 2.24) is 0 Å². The highest BCUT2D eigenvalue weighted by atomic mass is 32.2. The fourth-order valence-electron chi connectivity index (χ4n) is 4.44. The first-order valence-corrected chi connectivity index (χ1v) is 12.0. The summed E-state index contributed by atoms with van der Waals surface area (Å²) in [5.74, 6) is 0.163. The third-order valence-corrected chi connectivity index (χ3v) is 6.84. The summed E-state index contributed by atoms with van der Waals surface area (Å²) in [5, 5.41) is 7.09. The topological polar surface area (TPSA) is 58.2 Å². The fraction of sp³-hybridized carbons (Fsp3) is 0.185. The SMILES string of the molecule is CSc1ccc([C@@H]2Nc3ccc(C(=O)c4ccccc4)cc3NC3=C2C(=O)CCC3)cc1. The lowest BCUT2D eigenvalue weighted by molar-refractivity contribution is -0.116. The monoisotopic (exact) mass is 440 g/mol. The van der Waals surface area contributed by atoms with Crippen LogP contribution in [0.2, 0.25) is 0 Å². The molecule has 0 saturated heterocycles. The van der Waals surface area contributed by atoms with Crippen LogP contribution in [0.15, 0.2) is 89.0 Å². The Bertz CT molecular complexity index is 1220. The quantitative estimate of drug-likeness (QED) is 0.372. The Morgan fingerprint density at radius 1 is 0.906 bits per heavy atom. The number of benzene rings is 3. The molecular formula is C27H24N2O2S. The van der Waals surface area contributed by atoms with Gasteiger partial charge in [0.25, 0.3) is 0 Å². The van der Waals surface area contributed by atoms with Crippen molar-refractivity contribution >= 4 is 34.7 Å². The summed E-state index contributed by atoms with van der Waals surface area (Å²) in [6.45, 7) is 0. The van der Waals surface area contributed by atoms with Crippen LogP contribution in [0.3, 0.4) is 0 Å². The van der Waals surface area contributed by atoms with E-state index in [9.17, 15) is 9.59 Å². The largest absolute Gasteiger partial charge is 0.372 e. The lowest BCUT2D eigenvalue weighted by Gasteiger charge is -2.25. The molecule has 5 rings (SSSR count). The Morgan fingerprint density at radius 3 is 2.44 bits per heavy atom. The lowest BCUT2D eigenvalue weighted by Crippen LogP contribution is -2.23. The number of nitrogens with one attached hydrogen (secondary N) is 2. The Balaban J connectivity index is 1.56. The summed E-state index contributed by atoms with van der Waals surface area (Å²) in [5.41, 5.74) is 5.82. The van der Waals surface area contributed by atoms with Gasteiger partial charge in [-0.05, 0) is 55.0 Å². The molecule has 3 aromatic carbocycles. The summed E-state index contributed by atoms with van der Waals surface area (Å²) < 4.78 is 0. The van der Waals surface area contributed by atoms with Crippen LogP contribution < -0.4 is 10.6 Å². The number of ketones is 2. The van der Waals surface area contributed by atoms with E-state index in [4.69, 9.17) is 0 Å². The van der Waals surface area contributed by atoms with Gasteiger partial charge >= 0.3 is 0 Å². The van der Waals surface area contributed by atoms with Gasteiger partial charge in [-0.15, -0.1) is 11.8 Å². The second-order valence-electron chi connectivity index (χ2n) is 8.10. The van der Waals surface area contributed by atoms with Crippen molar-refractivity contribution in [3.8, 4) is 0 Å². The van der Waals surface area contributed by atoms with E-state index in [1.165, 1.54) is 4.90 Å². The minimum absolute atomic E-state index is 0.0161. The molecule has 0 saturated carbocycles. The van der Waals surface area contributed by atoms with Crippen LogP contribution in [0.5, 0.6) is 0 Å². The molecule has 160 valence electrons. The smallest absolute Gasteiger partial charge is 0.193 e. The van der Waals surface area contributed by atoms with Crippen LogP contribution in [-0.4, -0.2) is 17.8 Å². The van der Waals surface area contributed by atoms with Gasteiger partial charge in [-0.1, -0.05) is 42.5 Å². The number of rotatable bonds is 4. The van der Waals surface area contributed by atoms with Gasteiger partial charge in [0, 0.05) is 33.7 Å². The molecule has 0 bridgehead atoms. The van der Waals surface area contributed by atoms with E-state index in [0.717, 1.165) is 41.1 Å². The molecule has 4 nitrogen and oxygen atoms in total. The van der Waals surface area contributed by atoms with Gasteiger partial charge in [0.2, 0.25) is 0 Å². The van der Waals surface area contributed by atoms with Crippen molar-refractivity contribution in [2.45, 2.75) is 30.2 Å². The number of hydrogen-bond acceptors (Lipinski definition) is 5. The minimum Gasteiger partial charge on any atom is -0.372 e. The van der Waals surface area contributed by atoms with Crippen molar-refractivity contribution in [3.63, 3.8) is 0 Å². The summed E-state index contributed by atoms with van der Waals surface area (Å²) in [6.07, 6.45) is 4.27. The summed E-state index contributed by atoms with van der Waals surface area (Å²) in [6, 6.07) is 23.1. The van der Waals surface area contributed by atoms with E-state index < -0.39 is 0 Å². The first kappa shape index (κ1) is 20.6. The zero-order valence-electron chi connectivity index (χ0n) is 17.9. The van der Waals surface area contributed by atoms with Gasteiger partial charge < -0.3 is 10.6 Å². The molecule has 32 heavy (non-hydrogen) atoms. The highest BCUT2D eigenvalue weighted by molar-refractivity contribution is 7.98. The molecule has 1 atom stereocenters. The Kier molecular flexibility index (Phi) is 5.58. The molecule has 0 amide bonds. The van der Waals surface area contributed by atoms with Gasteiger partial charge in [0.15, 0.2) is 11.6 Å². The molecule has 0 aromatic heterocycles. The molecule has 0 fully saturated rings. The van der Waals surface area contributed by atoms with Crippen LogP contribution >= 0.6 is 11.8 Å². The molecule has 2 aliphatic rings. The maximum atomic E-state index is 13.0. The highest BCUT2D eigenvalue weighted by Gasteiger charge is 2.32. The van der Waals surface area contributed by atoms with Gasteiger partial charge in [-0.25, -0.2) is 0 Å². The minimum atomic E-state index is -0.224. The van der Waals surface area contributed by atoms with Crippen LogP contribution in [0.4, 0.5) is 11.4 Å². The maximum Gasteiger partial charge on any atom is 0.193 e. The first-order valence-electron chi connectivity index (χ1n) is 10.8. The Labute approximate surface area is 192 Å². The highest BCUT2D eigenvalue weighted by Crippen LogP contribution is 2.41. The van der Waals surface area contributed by atoms with Crippen LogP contribution in [0.1, 0.15) is 46.8 Å². The Hall–Kier alpha value is -3.31. The van der Waals surface area contributed by atoms with Gasteiger partial charge in [-0.3, -0.25) is 9.59 Å². The number of carbonyl (C=O) groups is 2. The van der Waals surface area contributed by atoms with E-state index in [1.54, 1.807) is 11.8 Å². The Morgan fingerprint density at radius 2 is 1.69 bits per heavy atom. The maximum absolute atomic E-state index is 13.0. The molecule has 3 aromatic rings. The molecule has 5 heteroatoms. The second-order valence-corrected chi connectivity index (χ2v) is 8.98. The molecule has 0 unspecified atom stereocenters. The van der Waals surface area contributed by atoms with Crippen molar-refractivity contribution in [2.75, 3.05) is 16.9 Å². The van der Waals surface area contributed by atoms with Crippen LogP contribution in [-0.2, 0) is 4.79 Å². The molecule has 1 aliphatic carbocycles. The number of allylic oxidation sites excluding steroid dienone is 1. The van der Waals surface area contributed by atoms with Gasteiger partial charge in [0.05, 0.1) is 17.4 Å². The van der Waals surface area contributed by atoms with Crippen molar-refractivity contribution in [2.24, 2.45) is 0 Å². The van der Waals surface area contributed by atoms with E-state index in [1.807, 2.05) is 48.5 Å². The zero-order chi connectivity index (χ0) is 22.1. The van der Waals surface area contributed by atoms with Crippen molar-refractivity contribution in [1.29, 1.82) is 0 Å². The number of fused-ring (bicyclic) bond motifs is 1. The average molecular weight is 441 g/mol. The van der Waals surface area contributed by atoms with Crippen LogP contribution in [0, 0.1) is 0 Å². The van der Waals surface area contributed by atoms with E-state index in [0.29, 0.717) is 17.5 Å². The zero-order valence-corrected chi connectivity index (χ0v) is 18.7. The standard InChI is InChI=1S/C27H24N2O2S/c1-32-20-13-10-17(11-14-20)26-25-22(8-5-9-24(25)30)28-23-16-19(12-15-21(23)29-26)27(31)18-6-3-2-4-7-18/h2-4,6-7,10-16,26,28-29H,5,8-9H2,1H3/t26-/m0/s1. The lowest BCUT2D eigenvalue weighted by atomic mass is 9.87. The summed E-state index contributed by atoms with van der Waals surface area (Å²) in [4.78, 5) is 27.2. The molecule has 2 N–H and O–H groups in total. The molecular weight excluding hydrogens is 416 g/mol. The van der Waals surface area contributed by atoms with Crippen molar-refractivity contribution < 1.29 is 9.59 Å². The third-order valence-electron chi connectivity index (χ3n) is 6.10. The fourth-order valence-corrected chi connectivity index (χ4v) is 4.84. The van der Waals surface area contributed by atoms with Crippen LogP contribution in [0.25, 0.3) is 0 Å². The van der Waals surface area contributed by atoms with E-state index >= 15 is 0 Å². The summed E-state index contributed by atoms with van der Waals surface area (Å²) in [7, 11) is 0. The van der Waals surface area contributed by atoms with E-state index in [-0.39, 0.29) is 17.6 Å². The number of anilines is 2. The molecule has 0 radical (unpaired) electrons. The number of carbonyl (C=O) groups excluding carboxylic acids is 2. The second kappa shape index (κ2) is 8.67. The first-order chi connectivity index (χ1) is 15.6. The molecule has 1 aliphatic heterocycles. The predicted octanol–water partition coefficient (Wildman–Crippen LogP) is 6.23. The predicted molar refractivity (Wildman–Crippen MR) is 130 cm³/mol. The summed E-state index contributed by atoms with van der Waals surface area (Å²) >= 11 is 1.70. The van der Waals surface area contributed by atoms with Crippen molar-refractivity contribution in [3.05, 3.63) is 101 Å².